The van der Waals surface area contributed by atoms with Crippen molar-refractivity contribution in [3.05, 3.63) is 62.4 Å². The summed E-state index contributed by atoms with van der Waals surface area (Å²) in [5.74, 6) is -0.324. The first-order chi connectivity index (χ1) is 14.9. The van der Waals surface area contributed by atoms with Crippen molar-refractivity contribution < 1.29 is 4.79 Å². The number of para-hydroxylation sites is 1. The van der Waals surface area contributed by atoms with Crippen molar-refractivity contribution in [2.45, 2.75) is 53.0 Å². The maximum Gasteiger partial charge on any atom is 0.330 e. The van der Waals surface area contributed by atoms with E-state index in [-0.39, 0.29) is 17.4 Å². The van der Waals surface area contributed by atoms with Crippen molar-refractivity contribution >= 4 is 28.3 Å². The Bertz CT molecular complexity index is 1210. The number of nitrogens with zero attached hydrogens (tertiary/aromatic N) is 3. The SMILES string of the molecule is CCCCN(C(=O)c1cc(C)nc2ccccc12)c1c(N)n(CCCC)c(=O)[nH]c1=O. The van der Waals surface area contributed by atoms with E-state index in [0.717, 1.165) is 19.3 Å². The predicted molar refractivity (Wildman–Crippen MR) is 124 cm³/mol. The van der Waals surface area contributed by atoms with Gasteiger partial charge >= 0.3 is 5.69 Å². The number of nitrogens with one attached hydrogen (secondary N) is 1. The minimum Gasteiger partial charge on any atom is -0.383 e. The minimum atomic E-state index is -0.658. The number of amides is 1. The van der Waals surface area contributed by atoms with Gasteiger partial charge in [-0.05, 0) is 31.9 Å². The number of nitrogen functional groups attached to an aromatic ring is 1. The Morgan fingerprint density at radius 3 is 2.58 bits per heavy atom. The van der Waals surface area contributed by atoms with E-state index in [1.807, 2.05) is 45.0 Å². The number of benzene rings is 1. The molecule has 0 fully saturated rings. The monoisotopic (exact) mass is 423 g/mol. The van der Waals surface area contributed by atoms with Crippen molar-refractivity contribution in [1.29, 1.82) is 0 Å². The van der Waals surface area contributed by atoms with Crippen LogP contribution in [0.4, 0.5) is 11.5 Å². The van der Waals surface area contributed by atoms with Crippen LogP contribution >= 0.6 is 0 Å². The maximum absolute atomic E-state index is 13.7. The molecule has 2 aromatic heterocycles. The van der Waals surface area contributed by atoms with Crippen LogP contribution in [0.15, 0.2) is 39.9 Å². The molecule has 1 amide bonds. The molecule has 8 nitrogen and oxygen atoms in total. The van der Waals surface area contributed by atoms with E-state index < -0.39 is 11.2 Å². The van der Waals surface area contributed by atoms with Gasteiger partial charge in [0, 0.05) is 24.2 Å². The Kier molecular flexibility index (Phi) is 6.89. The van der Waals surface area contributed by atoms with Crippen molar-refractivity contribution in [2.75, 3.05) is 17.2 Å². The number of nitrogens with two attached hydrogens (primary N) is 1. The Labute approximate surface area is 180 Å². The van der Waals surface area contributed by atoms with Crippen LogP contribution in [0.1, 0.15) is 55.6 Å². The highest BCUT2D eigenvalue weighted by molar-refractivity contribution is 6.14. The molecule has 0 aliphatic heterocycles. The molecular formula is C23H29N5O3. The maximum atomic E-state index is 13.7. The standard InChI is InChI=1S/C23H29N5O3/c1-4-6-12-27(19-20(24)28(13-7-5-2)23(31)26-21(19)29)22(30)17-14-15(3)25-18-11-9-8-10-16(17)18/h8-11,14H,4-7,12-13,24H2,1-3H3,(H,26,29,31). The van der Waals surface area contributed by atoms with Gasteiger partial charge in [0.15, 0.2) is 5.69 Å². The number of H-pyrrole nitrogens is 1. The van der Waals surface area contributed by atoms with Crippen LogP contribution < -0.4 is 21.9 Å². The number of unbranched alkanes of at least 4 members (excludes halogenated alkanes) is 2. The minimum absolute atomic E-state index is 0.0155. The van der Waals surface area contributed by atoms with Gasteiger partial charge in [-0.15, -0.1) is 0 Å². The molecule has 0 radical (unpaired) electrons. The summed E-state index contributed by atoms with van der Waals surface area (Å²) >= 11 is 0. The number of carbonyl (C=O) groups is 1. The summed E-state index contributed by atoms with van der Waals surface area (Å²) in [5.41, 5.74) is 6.95. The van der Waals surface area contributed by atoms with Gasteiger partial charge < -0.3 is 10.6 Å². The number of aryl methyl sites for hydroxylation is 1. The summed E-state index contributed by atoms with van der Waals surface area (Å²) in [5, 5.41) is 0.703. The molecule has 0 aliphatic rings. The molecule has 31 heavy (non-hydrogen) atoms. The fraction of sp³-hybridized carbons (Fsp3) is 0.391. The second kappa shape index (κ2) is 9.59. The molecule has 0 bridgehead atoms. The topological polar surface area (TPSA) is 114 Å². The lowest BCUT2D eigenvalue weighted by Crippen LogP contribution is -2.41. The van der Waals surface area contributed by atoms with Gasteiger partial charge in [-0.25, -0.2) is 4.79 Å². The van der Waals surface area contributed by atoms with Gasteiger partial charge in [-0.3, -0.25) is 24.1 Å². The first-order valence-electron chi connectivity index (χ1n) is 10.7. The number of aromatic nitrogens is 3. The third-order valence-electron chi connectivity index (χ3n) is 5.27. The number of anilines is 2. The van der Waals surface area contributed by atoms with Gasteiger partial charge in [-0.2, -0.15) is 0 Å². The van der Waals surface area contributed by atoms with Crippen LogP contribution in [0, 0.1) is 6.92 Å². The number of carbonyl (C=O) groups excluding carboxylic acids is 1. The van der Waals surface area contributed by atoms with Gasteiger partial charge in [0.2, 0.25) is 0 Å². The highest BCUT2D eigenvalue weighted by Gasteiger charge is 2.26. The Morgan fingerprint density at radius 1 is 1.16 bits per heavy atom. The number of rotatable bonds is 8. The van der Waals surface area contributed by atoms with Crippen molar-refractivity contribution in [1.82, 2.24) is 14.5 Å². The van der Waals surface area contributed by atoms with E-state index in [4.69, 9.17) is 5.73 Å². The molecule has 1 aromatic carbocycles. The molecule has 164 valence electrons. The number of hydrogen-bond donors (Lipinski definition) is 2. The van der Waals surface area contributed by atoms with Crippen LogP contribution in [-0.2, 0) is 6.54 Å². The van der Waals surface area contributed by atoms with E-state index in [0.29, 0.717) is 41.7 Å². The van der Waals surface area contributed by atoms with Crippen LogP contribution in [0.25, 0.3) is 10.9 Å². The molecule has 0 aliphatic carbocycles. The van der Waals surface area contributed by atoms with Crippen LogP contribution in [0.2, 0.25) is 0 Å². The smallest absolute Gasteiger partial charge is 0.330 e. The number of pyridine rings is 1. The van der Waals surface area contributed by atoms with E-state index in [1.165, 1.54) is 9.47 Å². The highest BCUT2D eigenvalue weighted by atomic mass is 16.2. The van der Waals surface area contributed by atoms with E-state index in [2.05, 4.69) is 9.97 Å². The average molecular weight is 424 g/mol. The molecular weight excluding hydrogens is 394 g/mol. The Hall–Kier alpha value is -3.42. The fourth-order valence-electron chi connectivity index (χ4n) is 3.64. The lowest BCUT2D eigenvalue weighted by molar-refractivity contribution is 0.0987. The van der Waals surface area contributed by atoms with Gasteiger partial charge in [0.1, 0.15) is 5.82 Å². The van der Waals surface area contributed by atoms with E-state index in [9.17, 15) is 14.4 Å². The van der Waals surface area contributed by atoms with Gasteiger partial charge in [-0.1, -0.05) is 44.9 Å². The highest BCUT2D eigenvalue weighted by Crippen LogP contribution is 2.25. The van der Waals surface area contributed by atoms with Crippen molar-refractivity contribution in [3.63, 3.8) is 0 Å². The number of hydrogen-bond acceptors (Lipinski definition) is 5. The Morgan fingerprint density at radius 2 is 1.87 bits per heavy atom. The average Bonchev–Trinajstić information content (AvgIpc) is 2.74. The molecule has 0 spiro atoms. The van der Waals surface area contributed by atoms with E-state index >= 15 is 0 Å². The van der Waals surface area contributed by atoms with Crippen LogP contribution in [0.3, 0.4) is 0 Å². The fourth-order valence-corrected chi connectivity index (χ4v) is 3.64. The summed E-state index contributed by atoms with van der Waals surface area (Å²) in [6, 6.07) is 9.12. The zero-order valence-corrected chi connectivity index (χ0v) is 18.3. The van der Waals surface area contributed by atoms with Gasteiger partial charge in [0.05, 0.1) is 11.1 Å². The summed E-state index contributed by atoms with van der Waals surface area (Å²) in [4.78, 5) is 47.1. The molecule has 0 atom stereocenters. The second-order valence-electron chi connectivity index (χ2n) is 7.64. The third kappa shape index (κ3) is 4.52. The van der Waals surface area contributed by atoms with E-state index in [1.54, 1.807) is 6.07 Å². The summed E-state index contributed by atoms with van der Waals surface area (Å²) in [7, 11) is 0. The zero-order chi connectivity index (χ0) is 22.5. The van der Waals surface area contributed by atoms with Gasteiger partial charge in [0.25, 0.3) is 11.5 Å². The first-order valence-corrected chi connectivity index (χ1v) is 10.7. The lowest BCUT2D eigenvalue weighted by atomic mass is 10.1. The molecule has 3 rings (SSSR count). The molecule has 0 saturated heterocycles. The summed E-state index contributed by atoms with van der Waals surface area (Å²) in [6.07, 6.45) is 3.10. The second-order valence-corrected chi connectivity index (χ2v) is 7.64. The quantitative estimate of drug-likeness (QED) is 0.577. The molecule has 0 saturated carbocycles. The summed E-state index contributed by atoms with van der Waals surface area (Å²) in [6.45, 7) is 6.51. The lowest BCUT2D eigenvalue weighted by Gasteiger charge is -2.25. The molecule has 8 heteroatoms. The van der Waals surface area contributed by atoms with Crippen molar-refractivity contribution in [2.24, 2.45) is 0 Å². The predicted octanol–water partition coefficient (Wildman–Crippen LogP) is 3.22. The van der Waals surface area contributed by atoms with Crippen LogP contribution in [-0.4, -0.2) is 27.0 Å². The largest absolute Gasteiger partial charge is 0.383 e. The normalized spacial score (nSPS) is 11.1. The van der Waals surface area contributed by atoms with Crippen molar-refractivity contribution in [3.8, 4) is 0 Å². The Balaban J connectivity index is 2.20. The molecule has 2 heterocycles. The first kappa shape index (κ1) is 22.3. The molecule has 0 unspecified atom stereocenters. The number of aromatic amines is 1. The molecule has 3 N–H and O–H groups in total. The molecule has 3 aromatic rings. The summed E-state index contributed by atoms with van der Waals surface area (Å²) < 4.78 is 1.34. The zero-order valence-electron chi connectivity index (χ0n) is 18.3. The van der Waals surface area contributed by atoms with Crippen LogP contribution in [0.5, 0.6) is 0 Å². The number of fused-ring (bicyclic) bond motifs is 1. The third-order valence-corrected chi connectivity index (χ3v) is 5.27.